The van der Waals surface area contributed by atoms with Crippen LogP contribution in [0.2, 0.25) is 0 Å². The molecular weight excluding hydrogens is 228 g/mol. The molecule has 0 aromatic heterocycles. The summed E-state index contributed by atoms with van der Waals surface area (Å²) < 4.78 is 5.41. The highest BCUT2D eigenvalue weighted by atomic mass is 16.5. The van der Waals surface area contributed by atoms with E-state index in [1.807, 2.05) is 24.3 Å². The summed E-state index contributed by atoms with van der Waals surface area (Å²) in [5, 5.41) is 2.88. The lowest BCUT2D eigenvalue weighted by Crippen LogP contribution is -2.30. The van der Waals surface area contributed by atoms with Crippen LogP contribution in [0, 0.1) is 0 Å². The van der Waals surface area contributed by atoms with E-state index in [9.17, 15) is 4.79 Å². The molecule has 1 unspecified atom stereocenters. The van der Waals surface area contributed by atoms with Gasteiger partial charge in [0.1, 0.15) is 5.75 Å². The maximum atomic E-state index is 11.4. The van der Waals surface area contributed by atoms with E-state index < -0.39 is 0 Å². The second kappa shape index (κ2) is 5.87. The van der Waals surface area contributed by atoms with Crippen molar-refractivity contribution in [2.24, 2.45) is 5.73 Å². The van der Waals surface area contributed by atoms with Crippen LogP contribution < -0.4 is 15.8 Å². The van der Waals surface area contributed by atoms with Crippen molar-refractivity contribution in [2.75, 3.05) is 6.61 Å². The van der Waals surface area contributed by atoms with Crippen molar-refractivity contribution in [3.05, 3.63) is 29.8 Å². The fraction of sp³-hybridized carbons (Fsp3) is 0.500. The first-order valence-corrected chi connectivity index (χ1v) is 6.46. The number of ether oxygens (including phenoxy) is 1. The summed E-state index contributed by atoms with van der Waals surface area (Å²) in [6, 6.07) is 8.05. The van der Waals surface area contributed by atoms with Gasteiger partial charge in [-0.25, -0.2) is 0 Å². The van der Waals surface area contributed by atoms with Gasteiger partial charge in [0.05, 0.1) is 0 Å². The number of carbonyl (C=O) groups excluding carboxylic acids is 1. The van der Waals surface area contributed by atoms with Crippen LogP contribution in [-0.2, 0) is 4.79 Å². The van der Waals surface area contributed by atoms with Crippen LogP contribution in [0.4, 0.5) is 0 Å². The molecule has 1 aromatic rings. The topological polar surface area (TPSA) is 64.3 Å². The Morgan fingerprint density at radius 1 is 1.44 bits per heavy atom. The van der Waals surface area contributed by atoms with Crippen LogP contribution in [-0.4, -0.2) is 18.6 Å². The lowest BCUT2D eigenvalue weighted by molar-refractivity contribution is -0.123. The second-order valence-electron chi connectivity index (χ2n) is 4.71. The molecule has 1 amide bonds. The number of carbonyl (C=O) groups is 1. The van der Waals surface area contributed by atoms with Crippen molar-refractivity contribution in [3.63, 3.8) is 0 Å². The van der Waals surface area contributed by atoms with Crippen molar-refractivity contribution in [2.45, 2.75) is 38.3 Å². The number of hydrogen-bond acceptors (Lipinski definition) is 3. The Kier molecular flexibility index (Phi) is 4.20. The van der Waals surface area contributed by atoms with Crippen LogP contribution in [0.15, 0.2) is 24.3 Å². The quantitative estimate of drug-likeness (QED) is 0.806. The Morgan fingerprint density at radius 2 is 2.11 bits per heavy atom. The Morgan fingerprint density at radius 3 is 2.67 bits per heavy atom. The van der Waals surface area contributed by atoms with E-state index in [4.69, 9.17) is 10.5 Å². The Hall–Kier alpha value is -1.55. The number of rotatable bonds is 6. The van der Waals surface area contributed by atoms with Gasteiger partial charge in [-0.05, 0) is 37.0 Å². The van der Waals surface area contributed by atoms with Gasteiger partial charge in [0.2, 0.25) is 0 Å². The molecule has 0 spiro atoms. The molecule has 2 rings (SSSR count). The molecule has 0 aliphatic heterocycles. The standard InChI is InChI=1S/C14H20N2O2/c1-2-13(15)10-3-7-12(8-4-10)18-9-14(17)16-11-5-6-11/h3-4,7-8,11,13H,2,5-6,9,15H2,1H3,(H,16,17). The van der Waals surface area contributed by atoms with E-state index in [2.05, 4.69) is 12.2 Å². The maximum absolute atomic E-state index is 11.4. The van der Waals surface area contributed by atoms with Crippen molar-refractivity contribution >= 4 is 5.91 Å². The molecule has 18 heavy (non-hydrogen) atoms. The molecular formula is C14H20N2O2. The third kappa shape index (κ3) is 3.74. The van der Waals surface area contributed by atoms with E-state index in [0.29, 0.717) is 11.8 Å². The van der Waals surface area contributed by atoms with Gasteiger partial charge in [-0.3, -0.25) is 4.79 Å². The molecule has 3 N–H and O–H groups in total. The zero-order valence-corrected chi connectivity index (χ0v) is 10.7. The highest BCUT2D eigenvalue weighted by molar-refractivity contribution is 5.78. The SMILES string of the molecule is CCC(N)c1ccc(OCC(=O)NC2CC2)cc1. The summed E-state index contributed by atoms with van der Waals surface area (Å²) in [5.41, 5.74) is 7.01. The number of amides is 1. The number of benzene rings is 1. The van der Waals surface area contributed by atoms with Crippen LogP contribution in [0.1, 0.15) is 37.8 Å². The summed E-state index contributed by atoms with van der Waals surface area (Å²) in [4.78, 5) is 11.4. The fourth-order valence-electron chi connectivity index (χ4n) is 1.69. The predicted octanol–water partition coefficient (Wildman–Crippen LogP) is 1.75. The van der Waals surface area contributed by atoms with E-state index >= 15 is 0 Å². The predicted molar refractivity (Wildman–Crippen MR) is 70.3 cm³/mol. The largest absolute Gasteiger partial charge is 0.484 e. The first kappa shape index (κ1) is 12.9. The van der Waals surface area contributed by atoms with Gasteiger partial charge in [-0.2, -0.15) is 0 Å². The highest BCUT2D eigenvalue weighted by Crippen LogP contribution is 2.19. The van der Waals surface area contributed by atoms with Crippen LogP contribution >= 0.6 is 0 Å². The molecule has 1 aliphatic carbocycles. The van der Waals surface area contributed by atoms with Crippen molar-refractivity contribution in [1.82, 2.24) is 5.32 Å². The van der Waals surface area contributed by atoms with Crippen LogP contribution in [0.25, 0.3) is 0 Å². The summed E-state index contributed by atoms with van der Waals surface area (Å²) in [6.07, 6.45) is 3.09. The number of nitrogens with one attached hydrogen (secondary N) is 1. The molecule has 0 heterocycles. The van der Waals surface area contributed by atoms with Gasteiger partial charge >= 0.3 is 0 Å². The summed E-state index contributed by atoms with van der Waals surface area (Å²) in [7, 11) is 0. The third-order valence-electron chi connectivity index (χ3n) is 3.06. The molecule has 1 fully saturated rings. The summed E-state index contributed by atoms with van der Waals surface area (Å²) >= 11 is 0. The molecule has 1 saturated carbocycles. The summed E-state index contributed by atoms with van der Waals surface area (Å²) in [6.45, 7) is 2.13. The Balaban J connectivity index is 1.80. The molecule has 1 aliphatic rings. The Labute approximate surface area is 108 Å². The van der Waals surface area contributed by atoms with E-state index in [-0.39, 0.29) is 18.6 Å². The smallest absolute Gasteiger partial charge is 0.258 e. The van der Waals surface area contributed by atoms with Crippen LogP contribution in [0.3, 0.4) is 0 Å². The van der Waals surface area contributed by atoms with Crippen LogP contribution in [0.5, 0.6) is 5.75 Å². The Bertz CT molecular complexity index is 399. The zero-order chi connectivity index (χ0) is 13.0. The van der Waals surface area contributed by atoms with Crippen molar-refractivity contribution in [3.8, 4) is 5.75 Å². The number of nitrogens with two attached hydrogens (primary N) is 1. The molecule has 1 atom stereocenters. The van der Waals surface area contributed by atoms with Crippen molar-refractivity contribution < 1.29 is 9.53 Å². The molecule has 4 heteroatoms. The van der Waals surface area contributed by atoms with Gasteiger partial charge < -0.3 is 15.8 Å². The number of hydrogen-bond donors (Lipinski definition) is 2. The molecule has 1 aromatic carbocycles. The zero-order valence-electron chi connectivity index (χ0n) is 10.7. The second-order valence-corrected chi connectivity index (χ2v) is 4.71. The fourth-order valence-corrected chi connectivity index (χ4v) is 1.69. The lowest BCUT2D eigenvalue weighted by atomic mass is 10.1. The van der Waals surface area contributed by atoms with E-state index in [0.717, 1.165) is 24.8 Å². The highest BCUT2D eigenvalue weighted by Gasteiger charge is 2.23. The van der Waals surface area contributed by atoms with Gasteiger partial charge in [0, 0.05) is 12.1 Å². The van der Waals surface area contributed by atoms with Gasteiger partial charge in [0.25, 0.3) is 5.91 Å². The minimum Gasteiger partial charge on any atom is -0.484 e. The molecule has 98 valence electrons. The molecule has 0 radical (unpaired) electrons. The molecule has 0 bridgehead atoms. The molecule has 4 nitrogen and oxygen atoms in total. The molecule has 0 saturated heterocycles. The minimum absolute atomic E-state index is 0.0492. The van der Waals surface area contributed by atoms with Gasteiger partial charge in [0.15, 0.2) is 6.61 Å². The summed E-state index contributed by atoms with van der Waals surface area (Å²) in [5.74, 6) is 0.653. The average Bonchev–Trinajstić information content (AvgIpc) is 3.20. The first-order chi connectivity index (χ1) is 8.69. The third-order valence-corrected chi connectivity index (χ3v) is 3.06. The minimum atomic E-state index is -0.0492. The normalized spacial score (nSPS) is 16.1. The van der Waals surface area contributed by atoms with Gasteiger partial charge in [-0.1, -0.05) is 19.1 Å². The maximum Gasteiger partial charge on any atom is 0.258 e. The monoisotopic (exact) mass is 248 g/mol. The van der Waals surface area contributed by atoms with Gasteiger partial charge in [-0.15, -0.1) is 0 Å². The average molecular weight is 248 g/mol. The first-order valence-electron chi connectivity index (χ1n) is 6.46. The lowest BCUT2D eigenvalue weighted by Gasteiger charge is -2.10. The van der Waals surface area contributed by atoms with E-state index in [1.165, 1.54) is 0 Å². The van der Waals surface area contributed by atoms with E-state index in [1.54, 1.807) is 0 Å². The van der Waals surface area contributed by atoms with Crippen molar-refractivity contribution in [1.29, 1.82) is 0 Å².